The molecule has 0 N–H and O–H groups in total. The summed E-state index contributed by atoms with van der Waals surface area (Å²) in [6.45, 7) is 12.5. The number of ether oxygens (including phenoxy) is 3. The van der Waals surface area contributed by atoms with Gasteiger partial charge in [-0.05, 0) is 59.1 Å². The highest BCUT2D eigenvalue weighted by atomic mass is 16.6. The summed E-state index contributed by atoms with van der Waals surface area (Å²) in [6, 6.07) is 17.8. The van der Waals surface area contributed by atoms with E-state index in [4.69, 9.17) is 14.2 Å². The molecular weight excluding hydrogens is 464 g/mol. The number of carbonyl (C=O) groups is 2. The van der Waals surface area contributed by atoms with Crippen LogP contribution in [0.2, 0.25) is 0 Å². The van der Waals surface area contributed by atoms with E-state index in [0.717, 1.165) is 35.1 Å². The first kappa shape index (κ1) is 25.2. The van der Waals surface area contributed by atoms with Crippen LogP contribution in [0.25, 0.3) is 0 Å². The van der Waals surface area contributed by atoms with Crippen LogP contribution in [0.1, 0.15) is 110 Å². The first-order valence-corrected chi connectivity index (χ1v) is 12.9. The molecule has 1 saturated heterocycles. The fourth-order valence-electron chi connectivity index (χ4n) is 5.61. The van der Waals surface area contributed by atoms with E-state index in [1.54, 1.807) is 48.5 Å². The van der Waals surface area contributed by atoms with Crippen molar-refractivity contribution in [3.05, 3.63) is 94.0 Å². The molecule has 0 radical (unpaired) electrons. The SMILES string of the molecule is CC(C)(C)c1c(OC(=O)c2ccccc2)c(OC(=O)c2ccccc2)c(C(C)(C)C)c2c1C1CCC2O1. The largest absolute Gasteiger partial charge is 0.419 e. The first-order valence-electron chi connectivity index (χ1n) is 12.9. The second-order valence-corrected chi connectivity index (χ2v) is 11.9. The van der Waals surface area contributed by atoms with E-state index in [0.29, 0.717) is 22.6 Å². The zero-order valence-corrected chi connectivity index (χ0v) is 22.4. The lowest BCUT2D eigenvalue weighted by molar-refractivity contribution is 0.0676. The van der Waals surface area contributed by atoms with E-state index in [1.807, 2.05) is 12.1 Å². The lowest BCUT2D eigenvalue weighted by Crippen LogP contribution is -2.27. The van der Waals surface area contributed by atoms with Crippen molar-refractivity contribution in [1.82, 2.24) is 0 Å². The van der Waals surface area contributed by atoms with Gasteiger partial charge in [-0.15, -0.1) is 0 Å². The van der Waals surface area contributed by atoms with Gasteiger partial charge in [0.15, 0.2) is 11.5 Å². The molecule has 0 spiro atoms. The normalized spacial score (nSPS) is 18.4. The van der Waals surface area contributed by atoms with Gasteiger partial charge in [-0.3, -0.25) is 0 Å². The molecule has 0 amide bonds. The van der Waals surface area contributed by atoms with Gasteiger partial charge >= 0.3 is 11.9 Å². The Morgan fingerprint density at radius 1 is 0.649 bits per heavy atom. The van der Waals surface area contributed by atoms with Crippen LogP contribution in [0.15, 0.2) is 60.7 Å². The van der Waals surface area contributed by atoms with Gasteiger partial charge in [0.25, 0.3) is 0 Å². The average molecular weight is 499 g/mol. The molecule has 1 fully saturated rings. The van der Waals surface area contributed by atoms with Crippen molar-refractivity contribution in [3.63, 3.8) is 0 Å². The van der Waals surface area contributed by atoms with Crippen LogP contribution in [-0.4, -0.2) is 11.9 Å². The number of hydrogen-bond acceptors (Lipinski definition) is 5. The maximum Gasteiger partial charge on any atom is 0.343 e. The highest BCUT2D eigenvalue weighted by molar-refractivity contribution is 5.94. The van der Waals surface area contributed by atoms with Crippen molar-refractivity contribution in [2.45, 2.75) is 77.4 Å². The summed E-state index contributed by atoms with van der Waals surface area (Å²) in [6.07, 6.45) is 1.70. The lowest BCUT2D eigenvalue weighted by Gasteiger charge is -2.35. The summed E-state index contributed by atoms with van der Waals surface area (Å²) in [5.41, 5.74) is 3.94. The van der Waals surface area contributed by atoms with E-state index in [9.17, 15) is 9.59 Å². The van der Waals surface area contributed by atoms with Crippen LogP contribution < -0.4 is 9.47 Å². The molecule has 192 valence electrons. The molecule has 5 rings (SSSR count). The predicted molar refractivity (Wildman–Crippen MR) is 142 cm³/mol. The van der Waals surface area contributed by atoms with Gasteiger partial charge in [0.2, 0.25) is 0 Å². The van der Waals surface area contributed by atoms with Gasteiger partial charge in [0.1, 0.15) is 0 Å². The fourth-order valence-corrected chi connectivity index (χ4v) is 5.61. The summed E-state index contributed by atoms with van der Waals surface area (Å²) in [5, 5.41) is 0. The Hall–Kier alpha value is -3.44. The van der Waals surface area contributed by atoms with Gasteiger partial charge in [-0.2, -0.15) is 0 Å². The monoisotopic (exact) mass is 498 g/mol. The van der Waals surface area contributed by atoms with Crippen LogP contribution in [0, 0.1) is 0 Å². The summed E-state index contributed by atoms with van der Waals surface area (Å²) < 4.78 is 18.9. The number of fused-ring (bicyclic) bond motifs is 5. The molecule has 0 saturated carbocycles. The maximum atomic E-state index is 13.4. The molecule has 3 aromatic rings. The Labute approximate surface area is 218 Å². The van der Waals surface area contributed by atoms with Crippen LogP contribution >= 0.6 is 0 Å². The first-order chi connectivity index (χ1) is 17.5. The minimum Gasteiger partial charge on any atom is -0.419 e. The van der Waals surface area contributed by atoms with E-state index in [1.165, 1.54) is 0 Å². The van der Waals surface area contributed by atoms with Crippen LogP contribution in [0.5, 0.6) is 11.5 Å². The molecular formula is C32H34O5. The quantitative estimate of drug-likeness (QED) is 0.273. The Morgan fingerprint density at radius 3 is 1.32 bits per heavy atom. The van der Waals surface area contributed by atoms with E-state index in [-0.39, 0.29) is 12.2 Å². The van der Waals surface area contributed by atoms with Crippen LogP contribution in [0.4, 0.5) is 0 Å². The van der Waals surface area contributed by atoms with Crippen molar-refractivity contribution in [2.75, 3.05) is 0 Å². The molecule has 2 heterocycles. The Morgan fingerprint density at radius 2 is 1.00 bits per heavy atom. The summed E-state index contributed by atoms with van der Waals surface area (Å²) >= 11 is 0. The molecule has 2 aliphatic rings. The molecule has 2 bridgehead atoms. The van der Waals surface area contributed by atoms with Crippen molar-refractivity contribution in [3.8, 4) is 11.5 Å². The van der Waals surface area contributed by atoms with E-state index in [2.05, 4.69) is 41.5 Å². The highest BCUT2D eigenvalue weighted by Gasteiger charge is 2.48. The molecule has 2 unspecified atom stereocenters. The van der Waals surface area contributed by atoms with Gasteiger partial charge in [0, 0.05) is 11.1 Å². The Balaban J connectivity index is 1.79. The lowest BCUT2D eigenvalue weighted by atomic mass is 9.71. The molecule has 5 nitrogen and oxygen atoms in total. The molecule has 2 aliphatic heterocycles. The molecule has 3 aromatic carbocycles. The van der Waals surface area contributed by atoms with Gasteiger partial charge in [0.05, 0.1) is 23.3 Å². The van der Waals surface area contributed by atoms with Crippen LogP contribution in [0.3, 0.4) is 0 Å². The molecule has 5 heteroatoms. The third-order valence-corrected chi connectivity index (χ3v) is 7.06. The summed E-state index contributed by atoms with van der Waals surface area (Å²) in [7, 11) is 0. The van der Waals surface area contributed by atoms with Crippen molar-refractivity contribution in [2.24, 2.45) is 0 Å². The average Bonchev–Trinajstić information content (AvgIpc) is 3.46. The van der Waals surface area contributed by atoms with Crippen molar-refractivity contribution in [1.29, 1.82) is 0 Å². The molecule has 2 atom stereocenters. The second-order valence-electron chi connectivity index (χ2n) is 11.9. The Bertz CT molecular complexity index is 1240. The van der Waals surface area contributed by atoms with Gasteiger partial charge < -0.3 is 14.2 Å². The van der Waals surface area contributed by atoms with E-state index >= 15 is 0 Å². The topological polar surface area (TPSA) is 61.8 Å². The zero-order chi connectivity index (χ0) is 26.5. The van der Waals surface area contributed by atoms with Gasteiger partial charge in [-0.25, -0.2) is 9.59 Å². The van der Waals surface area contributed by atoms with E-state index < -0.39 is 22.8 Å². The zero-order valence-electron chi connectivity index (χ0n) is 22.4. The Kier molecular flexibility index (Phi) is 6.23. The standard InChI is InChI=1S/C32H34O5/c1-31(2,3)25-23-21-17-18-22(35-21)24(23)26(32(4,5)6)28(37-30(34)20-15-11-8-12-16-20)27(25)36-29(33)19-13-9-7-10-14-19/h7-16,21-22H,17-18H2,1-6H3. The minimum atomic E-state index is -0.494. The third-order valence-electron chi connectivity index (χ3n) is 7.06. The molecule has 37 heavy (non-hydrogen) atoms. The molecule has 0 aromatic heterocycles. The predicted octanol–water partition coefficient (Wildman–Crippen LogP) is 7.63. The number of rotatable bonds is 4. The number of carbonyl (C=O) groups excluding carboxylic acids is 2. The van der Waals surface area contributed by atoms with Crippen molar-refractivity contribution >= 4 is 11.9 Å². The van der Waals surface area contributed by atoms with Crippen molar-refractivity contribution < 1.29 is 23.8 Å². The smallest absolute Gasteiger partial charge is 0.343 e. The number of benzene rings is 3. The fraction of sp³-hybridized carbons (Fsp3) is 0.375. The van der Waals surface area contributed by atoms with Crippen LogP contribution in [-0.2, 0) is 15.6 Å². The summed E-state index contributed by atoms with van der Waals surface area (Å²) in [5.74, 6) is -0.366. The minimum absolute atomic E-state index is 0.0663. The highest BCUT2D eigenvalue weighted by Crippen LogP contribution is 2.61. The number of hydrogen-bond donors (Lipinski definition) is 0. The number of esters is 2. The van der Waals surface area contributed by atoms with Gasteiger partial charge in [-0.1, -0.05) is 77.9 Å². The summed E-state index contributed by atoms with van der Waals surface area (Å²) in [4.78, 5) is 26.9. The maximum absolute atomic E-state index is 13.4. The third kappa shape index (κ3) is 4.57. The second kappa shape index (κ2) is 9.14. The molecule has 0 aliphatic carbocycles.